The van der Waals surface area contributed by atoms with Gasteiger partial charge >= 0.3 is 0 Å². The molecule has 0 bridgehead atoms. The van der Waals surface area contributed by atoms with E-state index in [2.05, 4.69) is 15.9 Å². The molecule has 0 fully saturated rings. The van der Waals surface area contributed by atoms with Gasteiger partial charge in [0.2, 0.25) is 0 Å². The van der Waals surface area contributed by atoms with Crippen LogP contribution in [-0.2, 0) is 6.42 Å². The number of hydrogen-bond donors (Lipinski definition) is 0. The maximum atomic E-state index is 13.6. The number of rotatable bonds is 4. The maximum Gasteiger partial charge on any atom is 0.170 e. The van der Waals surface area contributed by atoms with Gasteiger partial charge in [-0.25, -0.2) is 4.39 Å². The highest BCUT2D eigenvalue weighted by atomic mass is 79.9. The van der Waals surface area contributed by atoms with Gasteiger partial charge in [0.1, 0.15) is 11.6 Å². The van der Waals surface area contributed by atoms with Crippen molar-refractivity contribution in [1.82, 2.24) is 0 Å². The lowest BCUT2D eigenvalue weighted by Crippen LogP contribution is -2.06. The van der Waals surface area contributed by atoms with E-state index in [1.807, 2.05) is 6.07 Å². The van der Waals surface area contributed by atoms with Crippen molar-refractivity contribution in [3.8, 4) is 5.75 Å². The molecule has 0 amide bonds. The Balaban J connectivity index is 2.23. The number of benzene rings is 2. The van der Waals surface area contributed by atoms with Crippen LogP contribution in [0.2, 0.25) is 0 Å². The van der Waals surface area contributed by atoms with Crippen molar-refractivity contribution in [1.29, 1.82) is 0 Å². The summed E-state index contributed by atoms with van der Waals surface area (Å²) in [6, 6.07) is 11.5. The molecular formula is C15H12BrFO2. The lowest BCUT2D eigenvalue weighted by atomic mass is 10.0. The molecule has 2 nitrogen and oxygen atoms in total. The summed E-state index contributed by atoms with van der Waals surface area (Å²) in [5.41, 5.74) is 0.890. The first-order valence-electron chi connectivity index (χ1n) is 5.71. The van der Waals surface area contributed by atoms with E-state index >= 15 is 0 Å². The van der Waals surface area contributed by atoms with Crippen LogP contribution in [0.25, 0.3) is 0 Å². The highest BCUT2D eigenvalue weighted by Gasteiger charge is 2.13. The number of carbonyl (C=O) groups is 1. The van der Waals surface area contributed by atoms with Crippen molar-refractivity contribution >= 4 is 21.7 Å². The summed E-state index contributed by atoms with van der Waals surface area (Å²) in [6.45, 7) is 0. The van der Waals surface area contributed by atoms with Gasteiger partial charge in [-0.05, 0) is 35.9 Å². The topological polar surface area (TPSA) is 26.3 Å². The third-order valence-corrected chi connectivity index (χ3v) is 3.22. The average molecular weight is 323 g/mol. The smallest absolute Gasteiger partial charge is 0.170 e. The summed E-state index contributed by atoms with van der Waals surface area (Å²) in [5.74, 6) is -0.0804. The van der Waals surface area contributed by atoms with Gasteiger partial charge in [-0.2, -0.15) is 0 Å². The molecule has 0 N–H and O–H groups in total. The number of hydrogen-bond acceptors (Lipinski definition) is 2. The standard InChI is InChI=1S/C15H12BrFO2/c1-19-12-4-2-3-10(7-12)8-15(18)13-9-11(16)5-6-14(13)17/h2-7,9H,8H2,1H3. The van der Waals surface area contributed by atoms with Gasteiger partial charge in [0.15, 0.2) is 5.78 Å². The van der Waals surface area contributed by atoms with Crippen LogP contribution in [0.1, 0.15) is 15.9 Å². The largest absolute Gasteiger partial charge is 0.497 e. The van der Waals surface area contributed by atoms with E-state index in [1.165, 1.54) is 12.1 Å². The molecule has 4 heteroatoms. The summed E-state index contributed by atoms with van der Waals surface area (Å²) < 4.78 is 19.4. The van der Waals surface area contributed by atoms with Crippen LogP contribution in [-0.4, -0.2) is 12.9 Å². The fourth-order valence-electron chi connectivity index (χ4n) is 1.77. The van der Waals surface area contributed by atoms with Crippen molar-refractivity contribution in [3.63, 3.8) is 0 Å². The molecule has 0 aliphatic rings. The molecule has 0 aliphatic heterocycles. The summed E-state index contributed by atoms with van der Waals surface area (Å²) in [7, 11) is 1.56. The molecule has 2 rings (SSSR count). The minimum Gasteiger partial charge on any atom is -0.497 e. The third kappa shape index (κ3) is 3.41. The summed E-state index contributed by atoms with van der Waals surface area (Å²) in [6.07, 6.45) is 0.143. The predicted octanol–water partition coefficient (Wildman–Crippen LogP) is 4.02. The Bertz CT molecular complexity index is 611. The van der Waals surface area contributed by atoms with Crippen LogP contribution in [0.5, 0.6) is 5.75 Å². The van der Waals surface area contributed by atoms with Crippen LogP contribution in [0.3, 0.4) is 0 Å². The molecule has 0 heterocycles. The van der Waals surface area contributed by atoms with E-state index in [0.29, 0.717) is 10.2 Å². The second kappa shape index (κ2) is 5.97. The first-order valence-corrected chi connectivity index (χ1v) is 6.50. The summed E-state index contributed by atoms with van der Waals surface area (Å²) in [5, 5.41) is 0. The van der Waals surface area contributed by atoms with E-state index < -0.39 is 5.82 Å². The average Bonchev–Trinajstić information content (AvgIpc) is 2.41. The summed E-state index contributed by atoms with van der Waals surface area (Å²) >= 11 is 3.23. The van der Waals surface area contributed by atoms with Gasteiger partial charge < -0.3 is 4.74 Å². The Morgan fingerprint density at radius 1 is 1.26 bits per heavy atom. The number of methoxy groups -OCH3 is 1. The van der Waals surface area contributed by atoms with Gasteiger partial charge in [-0.1, -0.05) is 28.1 Å². The van der Waals surface area contributed by atoms with Crippen molar-refractivity contribution < 1.29 is 13.9 Å². The Morgan fingerprint density at radius 2 is 2.05 bits per heavy atom. The molecule has 98 valence electrons. The van der Waals surface area contributed by atoms with Gasteiger partial charge in [0.05, 0.1) is 12.7 Å². The van der Waals surface area contributed by atoms with Crippen LogP contribution < -0.4 is 4.74 Å². The second-order valence-corrected chi connectivity index (χ2v) is 4.99. The zero-order valence-electron chi connectivity index (χ0n) is 10.3. The Hall–Kier alpha value is -1.68. The molecule has 0 radical (unpaired) electrons. The van der Waals surface area contributed by atoms with E-state index in [-0.39, 0.29) is 17.8 Å². The fraction of sp³-hybridized carbons (Fsp3) is 0.133. The summed E-state index contributed by atoms with van der Waals surface area (Å²) in [4.78, 5) is 12.1. The van der Waals surface area contributed by atoms with Crippen LogP contribution >= 0.6 is 15.9 Å². The minimum atomic E-state index is -0.504. The first-order chi connectivity index (χ1) is 9.10. The number of ether oxygens (including phenoxy) is 1. The lowest BCUT2D eigenvalue weighted by molar-refractivity contribution is 0.0989. The van der Waals surface area contributed by atoms with Crippen molar-refractivity contribution in [2.45, 2.75) is 6.42 Å². The molecular weight excluding hydrogens is 311 g/mol. The third-order valence-electron chi connectivity index (χ3n) is 2.73. The molecule has 0 saturated heterocycles. The Morgan fingerprint density at radius 3 is 2.79 bits per heavy atom. The van der Waals surface area contributed by atoms with Crippen molar-refractivity contribution in [2.75, 3.05) is 7.11 Å². The molecule has 2 aromatic rings. The van der Waals surface area contributed by atoms with Gasteiger partial charge in [-0.15, -0.1) is 0 Å². The molecule has 0 aromatic heterocycles. The number of carbonyl (C=O) groups excluding carboxylic acids is 1. The number of ketones is 1. The van der Waals surface area contributed by atoms with Gasteiger partial charge in [0, 0.05) is 10.9 Å². The highest BCUT2D eigenvalue weighted by molar-refractivity contribution is 9.10. The number of halogens is 2. The fourth-order valence-corrected chi connectivity index (χ4v) is 2.14. The normalized spacial score (nSPS) is 10.3. The van der Waals surface area contributed by atoms with E-state index in [1.54, 1.807) is 31.4 Å². The molecule has 0 saturated carbocycles. The van der Waals surface area contributed by atoms with Crippen molar-refractivity contribution in [2.24, 2.45) is 0 Å². The van der Waals surface area contributed by atoms with E-state index in [9.17, 15) is 9.18 Å². The Kier molecular flexibility index (Phi) is 4.32. The van der Waals surface area contributed by atoms with E-state index in [4.69, 9.17) is 4.74 Å². The predicted molar refractivity (Wildman–Crippen MR) is 75.1 cm³/mol. The monoisotopic (exact) mass is 322 g/mol. The van der Waals surface area contributed by atoms with E-state index in [0.717, 1.165) is 5.56 Å². The van der Waals surface area contributed by atoms with Crippen molar-refractivity contribution in [3.05, 3.63) is 63.9 Å². The molecule has 0 atom stereocenters. The first kappa shape index (κ1) is 13.7. The Labute approximate surface area is 119 Å². The van der Waals surface area contributed by atoms with Crippen LogP contribution in [0, 0.1) is 5.82 Å². The quantitative estimate of drug-likeness (QED) is 0.795. The van der Waals surface area contributed by atoms with Crippen LogP contribution in [0.4, 0.5) is 4.39 Å². The molecule has 0 unspecified atom stereocenters. The van der Waals surface area contributed by atoms with Crippen LogP contribution in [0.15, 0.2) is 46.9 Å². The molecule has 0 aliphatic carbocycles. The second-order valence-electron chi connectivity index (χ2n) is 4.08. The highest BCUT2D eigenvalue weighted by Crippen LogP contribution is 2.19. The molecule has 0 spiro atoms. The maximum absolute atomic E-state index is 13.6. The minimum absolute atomic E-state index is 0.0946. The number of Topliss-reactive ketones (excluding diaryl/α,β-unsaturated/α-hetero) is 1. The molecule has 19 heavy (non-hydrogen) atoms. The zero-order chi connectivity index (χ0) is 13.8. The van der Waals surface area contributed by atoms with Gasteiger partial charge in [-0.3, -0.25) is 4.79 Å². The molecule has 2 aromatic carbocycles. The lowest BCUT2D eigenvalue weighted by Gasteiger charge is -2.05. The zero-order valence-corrected chi connectivity index (χ0v) is 11.9. The SMILES string of the molecule is COc1cccc(CC(=O)c2cc(Br)ccc2F)c1. The van der Waals surface area contributed by atoms with Gasteiger partial charge in [0.25, 0.3) is 0 Å².